The SMILES string of the molecule is CC(=O)O[C@@H]1[C@@H]2OC(C)(C)O[C@H]2O[C@@H]1[C@@H]1COC(C)(C)O1. The van der Waals surface area contributed by atoms with Crippen LogP contribution in [0.15, 0.2) is 0 Å². The van der Waals surface area contributed by atoms with Gasteiger partial charge < -0.3 is 28.4 Å². The van der Waals surface area contributed by atoms with Crippen LogP contribution in [0.4, 0.5) is 0 Å². The number of rotatable bonds is 2. The van der Waals surface area contributed by atoms with E-state index < -0.39 is 36.2 Å². The van der Waals surface area contributed by atoms with Crippen molar-refractivity contribution < 1.29 is 33.2 Å². The maximum Gasteiger partial charge on any atom is 0.303 e. The summed E-state index contributed by atoms with van der Waals surface area (Å²) in [4.78, 5) is 11.4. The molecule has 3 aliphatic rings. The Bertz CT molecular complexity index is 433. The van der Waals surface area contributed by atoms with Crippen molar-refractivity contribution in [1.29, 1.82) is 0 Å². The highest BCUT2D eigenvalue weighted by molar-refractivity contribution is 5.66. The van der Waals surface area contributed by atoms with E-state index in [1.807, 2.05) is 13.8 Å². The molecule has 3 heterocycles. The van der Waals surface area contributed by atoms with Crippen LogP contribution in [0, 0.1) is 0 Å². The highest BCUT2D eigenvalue weighted by Crippen LogP contribution is 2.41. The lowest BCUT2D eigenvalue weighted by molar-refractivity contribution is -0.235. The quantitative estimate of drug-likeness (QED) is 0.703. The van der Waals surface area contributed by atoms with E-state index in [-0.39, 0.29) is 12.1 Å². The first-order chi connectivity index (χ1) is 9.67. The molecular formula is C14H22O7. The molecule has 0 aromatic rings. The zero-order chi connectivity index (χ0) is 15.4. The maximum absolute atomic E-state index is 11.4. The Labute approximate surface area is 123 Å². The summed E-state index contributed by atoms with van der Waals surface area (Å²) in [6.07, 6.45) is -2.40. The predicted octanol–water partition coefficient (Wildman–Crippen LogP) is 0.946. The van der Waals surface area contributed by atoms with E-state index >= 15 is 0 Å². The molecule has 7 heteroatoms. The van der Waals surface area contributed by atoms with Crippen molar-refractivity contribution in [2.45, 2.75) is 76.9 Å². The zero-order valence-corrected chi connectivity index (χ0v) is 13.0. The van der Waals surface area contributed by atoms with Crippen molar-refractivity contribution in [1.82, 2.24) is 0 Å². The molecule has 5 atom stereocenters. The van der Waals surface area contributed by atoms with Gasteiger partial charge in [0.2, 0.25) is 0 Å². The third-order valence-electron chi connectivity index (χ3n) is 3.73. The number of fused-ring (bicyclic) bond motifs is 1. The Morgan fingerprint density at radius 1 is 1.05 bits per heavy atom. The summed E-state index contributed by atoms with van der Waals surface area (Å²) >= 11 is 0. The Balaban J connectivity index is 1.77. The van der Waals surface area contributed by atoms with Crippen molar-refractivity contribution in [2.24, 2.45) is 0 Å². The number of carbonyl (C=O) groups is 1. The second kappa shape index (κ2) is 4.89. The van der Waals surface area contributed by atoms with E-state index in [1.54, 1.807) is 13.8 Å². The minimum atomic E-state index is -0.759. The third kappa shape index (κ3) is 2.93. The molecule has 3 saturated heterocycles. The van der Waals surface area contributed by atoms with Crippen molar-refractivity contribution in [3.8, 4) is 0 Å². The van der Waals surface area contributed by atoms with Crippen molar-refractivity contribution >= 4 is 5.97 Å². The molecule has 3 rings (SSSR count). The second-order valence-corrected chi connectivity index (χ2v) is 6.51. The van der Waals surface area contributed by atoms with Crippen LogP contribution < -0.4 is 0 Å². The van der Waals surface area contributed by atoms with Gasteiger partial charge in [-0.05, 0) is 27.7 Å². The largest absolute Gasteiger partial charge is 0.457 e. The molecule has 7 nitrogen and oxygen atoms in total. The van der Waals surface area contributed by atoms with Gasteiger partial charge in [-0.1, -0.05) is 0 Å². The van der Waals surface area contributed by atoms with Gasteiger partial charge in [0.1, 0.15) is 12.2 Å². The van der Waals surface area contributed by atoms with Crippen molar-refractivity contribution in [3.05, 3.63) is 0 Å². The predicted molar refractivity (Wildman–Crippen MR) is 69.2 cm³/mol. The molecule has 0 aliphatic carbocycles. The summed E-state index contributed by atoms with van der Waals surface area (Å²) in [5, 5.41) is 0. The van der Waals surface area contributed by atoms with Gasteiger partial charge in [-0.3, -0.25) is 4.79 Å². The van der Waals surface area contributed by atoms with Crippen LogP contribution >= 0.6 is 0 Å². The minimum Gasteiger partial charge on any atom is -0.457 e. The molecule has 0 aromatic carbocycles. The minimum absolute atomic E-state index is 0.328. The van der Waals surface area contributed by atoms with E-state index in [4.69, 9.17) is 28.4 Å². The Morgan fingerprint density at radius 2 is 1.76 bits per heavy atom. The van der Waals surface area contributed by atoms with Gasteiger partial charge in [-0.25, -0.2) is 0 Å². The summed E-state index contributed by atoms with van der Waals surface area (Å²) in [6, 6.07) is 0. The van der Waals surface area contributed by atoms with Crippen molar-refractivity contribution in [2.75, 3.05) is 6.61 Å². The number of ether oxygens (including phenoxy) is 6. The smallest absolute Gasteiger partial charge is 0.303 e. The first-order valence-electron chi connectivity index (χ1n) is 7.17. The highest BCUT2D eigenvalue weighted by atomic mass is 16.8. The van der Waals surface area contributed by atoms with E-state index in [1.165, 1.54) is 6.92 Å². The van der Waals surface area contributed by atoms with Gasteiger partial charge in [0.05, 0.1) is 6.61 Å². The standard InChI is InChI=1S/C14H22O7/c1-7(15)17-10-9(8-6-16-13(2,3)19-8)18-12-11(10)20-14(4,5)21-12/h8-12H,6H2,1-5H3/t8-,9+,10-,11-,12+/m0/s1. The Kier molecular flexibility index (Phi) is 3.53. The fourth-order valence-corrected chi connectivity index (χ4v) is 3.01. The van der Waals surface area contributed by atoms with E-state index in [0.717, 1.165) is 0 Å². The van der Waals surface area contributed by atoms with Gasteiger partial charge in [-0.2, -0.15) is 0 Å². The average Bonchev–Trinajstić information content (AvgIpc) is 2.90. The molecule has 21 heavy (non-hydrogen) atoms. The van der Waals surface area contributed by atoms with Gasteiger partial charge >= 0.3 is 5.97 Å². The summed E-state index contributed by atoms with van der Waals surface area (Å²) in [5.41, 5.74) is 0. The summed E-state index contributed by atoms with van der Waals surface area (Å²) in [6.45, 7) is 9.00. The molecule has 0 amide bonds. The van der Waals surface area contributed by atoms with Crippen LogP contribution in [-0.4, -0.2) is 54.9 Å². The van der Waals surface area contributed by atoms with Crippen LogP contribution in [0.5, 0.6) is 0 Å². The molecule has 0 radical (unpaired) electrons. The fourth-order valence-electron chi connectivity index (χ4n) is 3.01. The molecule has 0 N–H and O–H groups in total. The Hall–Kier alpha value is -0.730. The normalized spacial score (nSPS) is 43.8. The topological polar surface area (TPSA) is 72.5 Å². The summed E-state index contributed by atoms with van der Waals surface area (Å²) < 4.78 is 34.2. The van der Waals surface area contributed by atoms with Gasteiger partial charge in [0, 0.05) is 6.92 Å². The van der Waals surface area contributed by atoms with Gasteiger partial charge in [0.15, 0.2) is 30.1 Å². The summed E-state index contributed by atoms with van der Waals surface area (Å²) in [5.74, 6) is -1.82. The van der Waals surface area contributed by atoms with Crippen LogP contribution in [0.3, 0.4) is 0 Å². The molecule has 0 saturated carbocycles. The third-order valence-corrected chi connectivity index (χ3v) is 3.73. The van der Waals surface area contributed by atoms with E-state index in [2.05, 4.69) is 0 Å². The maximum atomic E-state index is 11.4. The number of hydrogen-bond donors (Lipinski definition) is 0. The zero-order valence-electron chi connectivity index (χ0n) is 13.0. The second-order valence-electron chi connectivity index (χ2n) is 6.51. The van der Waals surface area contributed by atoms with E-state index in [0.29, 0.717) is 6.61 Å². The Morgan fingerprint density at radius 3 is 2.33 bits per heavy atom. The molecule has 0 spiro atoms. The molecular weight excluding hydrogens is 280 g/mol. The molecule has 0 unspecified atom stereocenters. The molecule has 3 aliphatic heterocycles. The molecule has 0 aromatic heterocycles. The van der Waals surface area contributed by atoms with Crippen LogP contribution in [0.25, 0.3) is 0 Å². The lowest BCUT2D eigenvalue weighted by Gasteiger charge is -2.28. The molecule has 0 bridgehead atoms. The summed E-state index contributed by atoms with van der Waals surface area (Å²) in [7, 11) is 0. The number of carbonyl (C=O) groups excluding carboxylic acids is 1. The number of hydrogen-bond acceptors (Lipinski definition) is 7. The molecule has 120 valence electrons. The highest BCUT2D eigenvalue weighted by Gasteiger charge is 2.59. The number of esters is 1. The van der Waals surface area contributed by atoms with Crippen LogP contribution in [-0.2, 0) is 33.2 Å². The lowest BCUT2D eigenvalue weighted by atomic mass is 10.1. The van der Waals surface area contributed by atoms with Crippen molar-refractivity contribution in [3.63, 3.8) is 0 Å². The van der Waals surface area contributed by atoms with E-state index in [9.17, 15) is 4.79 Å². The molecule has 3 fully saturated rings. The van der Waals surface area contributed by atoms with Gasteiger partial charge in [0.25, 0.3) is 0 Å². The van der Waals surface area contributed by atoms with Crippen LogP contribution in [0.1, 0.15) is 34.6 Å². The first kappa shape index (κ1) is 15.2. The first-order valence-corrected chi connectivity index (χ1v) is 7.17. The van der Waals surface area contributed by atoms with Gasteiger partial charge in [-0.15, -0.1) is 0 Å². The monoisotopic (exact) mass is 302 g/mol. The van der Waals surface area contributed by atoms with Crippen LogP contribution in [0.2, 0.25) is 0 Å². The fraction of sp³-hybridized carbons (Fsp3) is 0.929. The lowest BCUT2D eigenvalue weighted by Crippen LogP contribution is -2.44. The average molecular weight is 302 g/mol.